The fraction of sp³-hybridized carbons (Fsp3) is 0.963. The van der Waals surface area contributed by atoms with Crippen molar-refractivity contribution in [3.05, 3.63) is 0 Å². The molecular formula is C27H52O2. The van der Waals surface area contributed by atoms with Crippen LogP contribution in [0.4, 0.5) is 0 Å². The van der Waals surface area contributed by atoms with Crippen LogP contribution in [-0.4, -0.2) is 11.1 Å². The van der Waals surface area contributed by atoms with E-state index in [2.05, 4.69) is 27.7 Å². The van der Waals surface area contributed by atoms with Gasteiger partial charge in [-0.25, -0.2) is 0 Å². The maximum atomic E-state index is 12.4. The van der Waals surface area contributed by atoms with Gasteiger partial charge in [0.1, 0.15) is 0 Å². The molecule has 1 saturated carbocycles. The average Bonchev–Trinajstić information content (AvgIpc) is 2.66. The lowest BCUT2D eigenvalue weighted by Gasteiger charge is -2.41. The van der Waals surface area contributed by atoms with E-state index in [4.69, 9.17) is 0 Å². The Balaban J connectivity index is 2.35. The summed E-state index contributed by atoms with van der Waals surface area (Å²) in [6.07, 6.45) is 22.0. The van der Waals surface area contributed by atoms with Gasteiger partial charge in [0.05, 0.1) is 5.41 Å². The van der Waals surface area contributed by atoms with Gasteiger partial charge in [-0.15, -0.1) is 0 Å². The maximum Gasteiger partial charge on any atom is 0.309 e. The lowest BCUT2D eigenvalue weighted by molar-refractivity contribution is -0.156. The fourth-order valence-electron chi connectivity index (χ4n) is 5.45. The minimum absolute atomic E-state index is 0.409. The molecule has 0 aromatic heterocycles. The lowest BCUT2D eigenvalue weighted by atomic mass is 9.62. The van der Waals surface area contributed by atoms with Crippen molar-refractivity contribution in [2.45, 2.75) is 143 Å². The Bertz CT molecular complexity index is 415. The van der Waals surface area contributed by atoms with Gasteiger partial charge in [0, 0.05) is 0 Å². The Morgan fingerprint density at radius 1 is 0.793 bits per heavy atom. The van der Waals surface area contributed by atoms with Gasteiger partial charge in [-0.05, 0) is 43.4 Å². The summed E-state index contributed by atoms with van der Waals surface area (Å²) in [7, 11) is 0. The highest BCUT2D eigenvalue weighted by atomic mass is 16.4. The summed E-state index contributed by atoms with van der Waals surface area (Å²) in [5.41, 5.74) is -0.409. The highest BCUT2D eigenvalue weighted by Crippen LogP contribution is 2.47. The van der Waals surface area contributed by atoms with Crippen LogP contribution in [0.15, 0.2) is 0 Å². The Morgan fingerprint density at radius 3 is 1.86 bits per heavy atom. The maximum absolute atomic E-state index is 12.4. The second-order valence-corrected chi connectivity index (χ2v) is 10.8. The Morgan fingerprint density at radius 2 is 1.31 bits per heavy atom. The molecule has 0 radical (unpaired) electrons. The molecule has 1 aliphatic carbocycles. The Labute approximate surface area is 182 Å². The van der Waals surface area contributed by atoms with E-state index in [0.717, 1.165) is 50.4 Å². The van der Waals surface area contributed by atoms with Crippen LogP contribution in [0.25, 0.3) is 0 Å². The molecule has 1 rings (SSSR count). The van der Waals surface area contributed by atoms with Crippen LogP contribution in [-0.2, 0) is 4.79 Å². The van der Waals surface area contributed by atoms with Gasteiger partial charge in [-0.1, -0.05) is 118 Å². The third-order valence-corrected chi connectivity index (χ3v) is 7.37. The molecule has 29 heavy (non-hydrogen) atoms. The molecule has 1 fully saturated rings. The molecule has 0 aromatic carbocycles. The first-order valence-corrected chi connectivity index (χ1v) is 13.1. The van der Waals surface area contributed by atoms with Crippen LogP contribution in [0.1, 0.15) is 143 Å². The molecule has 2 atom stereocenters. The van der Waals surface area contributed by atoms with Crippen molar-refractivity contribution in [3.8, 4) is 0 Å². The van der Waals surface area contributed by atoms with Crippen molar-refractivity contribution in [1.29, 1.82) is 0 Å². The molecule has 1 N–H and O–H groups in total. The predicted molar refractivity (Wildman–Crippen MR) is 126 cm³/mol. The molecule has 0 saturated heterocycles. The number of hydrogen-bond acceptors (Lipinski definition) is 1. The summed E-state index contributed by atoms with van der Waals surface area (Å²) in [4.78, 5) is 12.4. The molecule has 1 aliphatic rings. The number of rotatable bonds is 17. The number of unbranched alkanes of at least 4 members (excludes halogenated alkanes) is 8. The summed E-state index contributed by atoms with van der Waals surface area (Å²) in [6, 6.07) is 0. The smallest absolute Gasteiger partial charge is 0.309 e. The minimum Gasteiger partial charge on any atom is -0.481 e. The highest BCUT2D eigenvalue weighted by Gasteiger charge is 2.45. The number of aliphatic carboxylic acids is 1. The number of hydrogen-bond donors (Lipinski definition) is 1. The lowest BCUT2D eigenvalue weighted by Crippen LogP contribution is -2.41. The van der Waals surface area contributed by atoms with Gasteiger partial charge < -0.3 is 5.11 Å². The van der Waals surface area contributed by atoms with Crippen molar-refractivity contribution in [3.63, 3.8) is 0 Å². The summed E-state index contributed by atoms with van der Waals surface area (Å²) in [5, 5.41) is 10.2. The highest BCUT2D eigenvalue weighted by molar-refractivity contribution is 5.75. The zero-order chi connectivity index (χ0) is 21.5. The van der Waals surface area contributed by atoms with Gasteiger partial charge >= 0.3 is 5.97 Å². The third kappa shape index (κ3) is 10.9. The second-order valence-electron chi connectivity index (χ2n) is 10.8. The Kier molecular flexibility index (Phi) is 14.0. The van der Waals surface area contributed by atoms with E-state index in [9.17, 15) is 9.90 Å². The van der Waals surface area contributed by atoms with Gasteiger partial charge in [0.2, 0.25) is 0 Å². The van der Waals surface area contributed by atoms with Crippen molar-refractivity contribution < 1.29 is 9.90 Å². The second kappa shape index (κ2) is 15.3. The van der Waals surface area contributed by atoms with Crippen LogP contribution in [0.2, 0.25) is 0 Å². The summed E-state index contributed by atoms with van der Waals surface area (Å²) < 4.78 is 0. The minimum atomic E-state index is -0.487. The molecule has 2 unspecified atom stereocenters. The molecule has 2 nitrogen and oxygen atoms in total. The number of carboxylic acids is 1. The first-order chi connectivity index (χ1) is 13.9. The number of carbonyl (C=O) groups is 1. The first kappa shape index (κ1) is 26.5. The first-order valence-electron chi connectivity index (χ1n) is 13.1. The quantitative estimate of drug-likeness (QED) is 0.244. The third-order valence-electron chi connectivity index (χ3n) is 7.37. The summed E-state index contributed by atoms with van der Waals surface area (Å²) >= 11 is 0. The molecule has 0 aromatic rings. The molecule has 0 amide bonds. The molecule has 0 spiro atoms. The fourth-order valence-corrected chi connectivity index (χ4v) is 5.45. The molecule has 172 valence electrons. The largest absolute Gasteiger partial charge is 0.481 e. The van der Waals surface area contributed by atoms with E-state index < -0.39 is 11.4 Å². The van der Waals surface area contributed by atoms with Crippen LogP contribution in [0, 0.1) is 23.2 Å². The molecular weight excluding hydrogens is 356 g/mol. The van der Waals surface area contributed by atoms with E-state index >= 15 is 0 Å². The van der Waals surface area contributed by atoms with Crippen molar-refractivity contribution in [2.24, 2.45) is 23.2 Å². The summed E-state index contributed by atoms with van der Waals surface area (Å²) in [6.45, 7) is 9.21. The molecule has 2 heteroatoms. The summed E-state index contributed by atoms with van der Waals surface area (Å²) in [5.74, 6) is 1.57. The molecule has 0 aliphatic heterocycles. The van der Waals surface area contributed by atoms with Crippen LogP contribution in [0.3, 0.4) is 0 Å². The van der Waals surface area contributed by atoms with E-state index in [1.165, 1.54) is 77.0 Å². The van der Waals surface area contributed by atoms with Crippen LogP contribution < -0.4 is 0 Å². The van der Waals surface area contributed by atoms with E-state index in [-0.39, 0.29) is 0 Å². The predicted octanol–water partition coefficient (Wildman–Crippen LogP) is 9.02. The standard InChI is InChI=1S/C27H52O2/c1-23(2)17-11-7-5-9-13-19-25-20-14-16-22-27(25,26(28)29)21-15-10-6-8-12-18-24(3)4/h23-25H,5-22H2,1-4H3,(H,28,29). The zero-order valence-electron chi connectivity index (χ0n) is 20.3. The zero-order valence-corrected chi connectivity index (χ0v) is 20.3. The van der Waals surface area contributed by atoms with Crippen LogP contribution >= 0.6 is 0 Å². The average molecular weight is 409 g/mol. The monoisotopic (exact) mass is 408 g/mol. The topological polar surface area (TPSA) is 37.3 Å². The van der Waals surface area contributed by atoms with Gasteiger partial charge in [0.15, 0.2) is 0 Å². The number of carboxylic acid groups (broad SMARTS) is 1. The van der Waals surface area contributed by atoms with E-state index in [1.54, 1.807) is 0 Å². The normalized spacial score (nSPS) is 22.5. The Hall–Kier alpha value is -0.530. The van der Waals surface area contributed by atoms with Crippen LogP contribution in [0.5, 0.6) is 0 Å². The van der Waals surface area contributed by atoms with E-state index in [1.807, 2.05) is 0 Å². The SMILES string of the molecule is CC(C)CCCCCCCC1CCCCC1(CCCCCCCC(C)C)C(=O)O. The van der Waals surface area contributed by atoms with E-state index in [0.29, 0.717) is 5.92 Å². The molecule has 0 heterocycles. The van der Waals surface area contributed by atoms with Crippen molar-refractivity contribution in [2.75, 3.05) is 0 Å². The van der Waals surface area contributed by atoms with Gasteiger partial charge in [-0.2, -0.15) is 0 Å². The van der Waals surface area contributed by atoms with Crippen molar-refractivity contribution >= 4 is 5.97 Å². The van der Waals surface area contributed by atoms with Crippen molar-refractivity contribution in [1.82, 2.24) is 0 Å². The molecule has 0 bridgehead atoms. The van der Waals surface area contributed by atoms with Gasteiger partial charge in [0.25, 0.3) is 0 Å². The van der Waals surface area contributed by atoms with Gasteiger partial charge in [-0.3, -0.25) is 4.79 Å².